The fourth-order valence-corrected chi connectivity index (χ4v) is 3.24. The van der Waals surface area contributed by atoms with Crippen LogP contribution < -0.4 is 25.7 Å². The van der Waals surface area contributed by atoms with Crippen molar-refractivity contribution in [1.29, 1.82) is 0 Å². The second-order valence-corrected chi connectivity index (χ2v) is 7.77. The molecule has 0 radical (unpaired) electrons. The molecule has 0 aliphatic rings. The third kappa shape index (κ3) is 6.58. The Kier molecular flexibility index (Phi) is 7.27. The van der Waals surface area contributed by atoms with Gasteiger partial charge in [-0.1, -0.05) is 18.2 Å². The Morgan fingerprint density at radius 2 is 1.48 bits per heavy atom. The van der Waals surface area contributed by atoms with Gasteiger partial charge in [0.1, 0.15) is 17.3 Å². The van der Waals surface area contributed by atoms with E-state index < -0.39 is 21.6 Å². The third-order valence-electron chi connectivity index (χ3n) is 3.82. The maximum Gasteiger partial charge on any atom is 0.239 e. The molecule has 8 nitrogen and oxygen atoms in total. The van der Waals surface area contributed by atoms with Crippen molar-refractivity contribution >= 4 is 39.3 Å². The first-order valence-electron chi connectivity index (χ1n) is 8.48. The van der Waals surface area contributed by atoms with Gasteiger partial charge in [-0.2, -0.15) is 0 Å². The molecule has 0 aromatic heterocycles. The Balaban J connectivity index is 1.95. The number of nitrogens with two attached hydrogens (primary N) is 2. The molecular formula is C20H23N3O5S. The van der Waals surface area contributed by atoms with Gasteiger partial charge in [0.05, 0.1) is 25.6 Å². The van der Waals surface area contributed by atoms with Crippen LogP contribution in [0.15, 0.2) is 48.7 Å². The molecule has 0 bridgehead atoms. The van der Waals surface area contributed by atoms with Crippen molar-refractivity contribution in [2.45, 2.75) is 0 Å². The van der Waals surface area contributed by atoms with E-state index in [1.807, 2.05) is 0 Å². The fourth-order valence-electron chi connectivity index (χ4n) is 2.41. The van der Waals surface area contributed by atoms with Crippen molar-refractivity contribution in [2.75, 3.05) is 31.4 Å². The van der Waals surface area contributed by atoms with Gasteiger partial charge in [0.25, 0.3) is 0 Å². The summed E-state index contributed by atoms with van der Waals surface area (Å²) >= 11 is 0. The van der Waals surface area contributed by atoms with E-state index >= 15 is 0 Å². The van der Waals surface area contributed by atoms with Gasteiger partial charge >= 0.3 is 0 Å². The van der Waals surface area contributed by atoms with Crippen LogP contribution in [0.2, 0.25) is 0 Å². The van der Waals surface area contributed by atoms with E-state index in [2.05, 4.69) is 4.72 Å². The molecule has 0 unspecified atom stereocenters. The number of nitrogen functional groups attached to an aromatic ring is 2. The molecule has 9 heteroatoms. The van der Waals surface area contributed by atoms with E-state index in [0.29, 0.717) is 34.0 Å². The van der Waals surface area contributed by atoms with Crippen LogP contribution >= 0.6 is 0 Å². The number of ketones is 1. The molecule has 0 amide bonds. The molecule has 5 N–H and O–H groups in total. The van der Waals surface area contributed by atoms with Gasteiger partial charge in [0, 0.05) is 6.20 Å². The lowest BCUT2D eigenvalue weighted by atomic mass is 10.1. The fraction of sp³-hybridized carbons (Fsp3) is 0.150. The van der Waals surface area contributed by atoms with Gasteiger partial charge in [0.15, 0.2) is 5.78 Å². The molecule has 0 atom stereocenters. The lowest BCUT2D eigenvalue weighted by Gasteiger charge is -2.05. The van der Waals surface area contributed by atoms with Crippen molar-refractivity contribution in [3.8, 4) is 11.5 Å². The number of anilines is 2. The van der Waals surface area contributed by atoms with Gasteiger partial charge in [-0.05, 0) is 47.5 Å². The number of benzene rings is 2. The minimum Gasteiger partial charge on any atom is -0.495 e. The Hall–Kier alpha value is -3.46. The number of hydrogen-bond acceptors (Lipinski definition) is 7. The second-order valence-electron chi connectivity index (χ2n) is 6.01. The van der Waals surface area contributed by atoms with Crippen LogP contribution in [-0.2, 0) is 14.8 Å². The minimum atomic E-state index is -3.84. The predicted molar refractivity (Wildman–Crippen MR) is 115 cm³/mol. The molecule has 0 fully saturated rings. The molecule has 154 valence electrons. The summed E-state index contributed by atoms with van der Waals surface area (Å²) in [6, 6.07) is 10.0. The third-order valence-corrected chi connectivity index (χ3v) is 4.98. The van der Waals surface area contributed by atoms with E-state index in [4.69, 9.17) is 20.9 Å². The van der Waals surface area contributed by atoms with Gasteiger partial charge in [-0.25, -0.2) is 8.42 Å². The molecule has 2 aromatic carbocycles. The van der Waals surface area contributed by atoms with Crippen LogP contribution in [0, 0.1) is 0 Å². The Labute approximate surface area is 169 Å². The first-order chi connectivity index (χ1) is 13.7. The average molecular weight is 417 g/mol. The zero-order chi connectivity index (χ0) is 21.4. The smallest absolute Gasteiger partial charge is 0.239 e. The number of methoxy groups -OCH3 is 2. The average Bonchev–Trinajstić information content (AvgIpc) is 2.66. The zero-order valence-corrected chi connectivity index (χ0v) is 16.9. The summed E-state index contributed by atoms with van der Waals surface area (Å²) in [5, 5.41) is 0. The number of carbonyl (C=O) groups excluding carboxylic acids is 1. The van der Waals surface area contributed by atoms with Gasteiger partial charge in [-0.3, -0.25) is 9.52 Å². The number of ether oxygens (including phenoxy) is 2. The molecule has 0 spiro atoms. The number of hydrogen-bond donors (Lipinski definition) is 3. The van der Waals surface area contributed by atoms with E-state index in [-0.39, 0.29) is 0 Å². The van der Waals surface area contributed by atoms with Crippen LogP contribution in [-0.4, -0.2) is 34.2 Å². The molecule has 0 heterocycles. The molecular weight excluding hydrogens is 394 g/mol. The highest BCUT2D eigenvalue weighted by atomic mass is 32.2. The molecule has 2 rings (SSSR count). The highest BCUT2D eigenvalue weighted by Gasteiger charge is 2.12. The number of sulfonamides is 1. The van der Waals surface area contributed by atoms with Crippen molar-refractivity contribution in [3.63, 3.8) is 0 Å². The van der Waals surface area contributed by atoms with Crippen LogP contribution in [0.25, 0.3) is 12.2 Å². The topological polar surface area (TPSA) is 134 Å². The SMILES string of the molecule is COc1ccc(/C=C/NS(=O)(=O)CC(=O)/C=C/c2ccc(OC)c(N)c2)cc1N. The summed E-state index contributed by atoms with van der Waals surface area (Å²) in [6.45, 7) is 0. The minimum absolute atomic E-state index is 0.417. The summed E-state index contributed by atoms with van der Waals surface area (Å²) in [4.78, 5) is 12.0. The van der Waals surface area contributed by atoms with Crippen LogP contribution in [0.5, 0.6) is 11.5 Å². The van der Waals surface area contributed by atoms with Gasteiger partial charge in [-0.15, -0.1) is 0 Å². The quantitative estimate of drug-likeness (QED) is 0.420. The standard InChI is InChI=1S/C20H23N3O5S/c1-27-19-7-4-14(11-17(19)21)3-6-16(24)13-29(25,26)23-10-9-15-5-8-20(28-2)18(22)12-15/h3-12,23H,13,21-22H2,1-2H3/b6-3+,10-9+. The lowest BCUT2D eigenvalue weighted by molar-refractivity contribution is -0.112. The monoisotopic (exact) mass is 417 g/mol. The number of nitrogens with one attached hydrogen (secondary N) is 1. The largest absolute Gasteiger partial charge is 0.495 e. The maximum atomic E-state index is 12.0. The van der Waals surface area contributed by atoms with E-state index in [0.717, 1.165) is 0 Å². The summed E-state index contributed by atoms with van der Waals surface area (Å²) < 4.78 is 36.4. The Morgan fingerprint density at radius 3 is 1.97 bits per heavy atom. The van der Waals surface area contributed by atoms with Crippen LogP contribution in [0.1, 0.15) is 11.1 Å². The van der Waals surface area contributed by atoms with E-state index in [9.17, 15) is 13.2 Å². The molecule has 2 aromatic rings. The lowest BCUT2D eigenvalue weighted by Crippen LogP contribution is -2.25. The highest BCUT2D eigenvalue weighted by Crippen LogP contribution is 2.23. The normalized spacial score (nSPS) is 11.7. The van der Waals surface area contributed by atoms with Crippen molar-refractivity contribution < 1.29 is 22.7 Å². The van der Waals surface area contributed by atoms with Crippen LogP contribution in [0.3, 0.4) is 0 Å². The molecule has 0 saturated carbocycles. The summed E-state index contributed by atoms with van der Waals surface area (Å²) in [7, 11) is -0.830. The zero-order valence-electron chi connectivity index (χ0n) is 16.1. The molecule has 0 aliphatic carbocycles. The van der Waals surface area contributed by atoms with Gasteiger partial charge in [0.2, 0.25) is 10.0 Å². The van der Waals surface area contributed by atoms with Crippen molar-refractivity contribution in [2.24, 2.45) is 0 Å². The Bertz CT molecular complexity index is 1050. The predicted octanol–water partition coefficient (Wildman–Crippen LogP) is 2.04. The molecule has 0 aliphatic heterocycles. The number of rotatable bonds is 9. The van der Waals surface area contributed by atoms with Gasteiger partial charge < -0.3 is 20.9 Å². The molecule has 0 saturated heterocycles. The summed E-state index contributed by atoms with van der Waals surface area (Å²) in [5.41, 5.74) is 13.8. The number of allylic oxidation sites excluding steroid dienone is 1. The van der Waals surface area contributed by atoms with Crippen molar-refractivity contribution in [1.82, 2.24) is 4.72 Å². The van der Waals surface area contributed by atoms with Crippen molar-refractivity contribution in [3.05, 3.63) is 59.8 Å². The van der Waals surface area contributed by atoms with E-state index in [1.54, 1.807) is 36.4 Å². The highest BCUT2D eigenvalue weighted by molar-refractivity contribution is 7.90. The van der Waals surface area contributed by atoms with E-state index in [1.165, 1.54) is 38.6 Å². The van der Waals surface area contributed by atoms with Crippen LogP contribution in [0.4, 0.5) is 11.4 Å². The second kappa shape index (κ2) is 9.65. The maximum absolute atomic E-state index is 12.0. The Morgan fingerprint density at radius 1 is 0.966 bits per heavy atom. The first kappa shape index (κ1) is 21.8. The first-order valence-corrected chi connectivity index (χ1v) is 10.1. The molecule has 29 heavy (non-hydrogen) atoms. The number of carbonyl (C=O) groups is 1. The summed E-state index contributed by atoms with van der Waals surface area (Å²) in [5.74, 6) is -0.220. The summed E-state index contributed by atoms with van der Waals surface area (Å²) in [6.07, 6.45) is 5.43.